The normalized spacial score (nSPS) is 20.8. The number of thioether (sulfide) groups is 1. The predicted octanol–water partition coefficient (Wildman–Crippen LogP) is 3.94. The second-order valence-electron chi connectivity index (χ2n) is 7.55. The number of aliphatic hydroxyl groups is 1. The summed E-state index contributed by atoms with van der Waals surface area (Å²) in [7, 11) is 1.96. The van der Waals surface area contributed by atoms with Crippen molar-refractivity contribution in [2.75, 3.05) is 12.8 Å². The Morgan fingerprint density at radius 2 is 2.16 bits per heavy atom. The second kappa shape index (κ2) is 11.4. The molecule has 5 heteroatoms. The molecule has 0 bridgehead atoms. The molecule has 0 spiro atoms. The maximum atomic E-state index is 10.3. The first-order valence-electron chi connectivity index (χ1n) is 8.90. The van der Waals surface area contributed by atoms with Crippen LogP contribution in [0.15, 0.2) is 29.4 Å². The highest BCUT2D eigenvalue weighted by Gasteiger charge is 2.17. The summed E-state index contributed by atoms with van der Waals surface area (Å²) >= 11 is 1.73. The highest BCUT2D eigenvalue weighted by atomic mass is 32.2. The molecule has 0 saturated heterocycles. The average molecular weight is 365 g/mol. The first-order chi connectivity index (χ1) is 11.9. The van der Waals surface area contributed by atoms with Crippen LogP contribution in [0, 0.1) is 5.41 Å². The van der Waals surface area contributed by atoms with Gasteiger partial charge in [0.2, 0.25) is 0 Å². The van der Waals surface area contributed by atoms with Crippen molar-refractivity contribution in [2.45, 2.75) is 63.6 Å². The van der Waals surface area contributed by atoms with Crippen LogP contribution >= 0.6 is 11.8 Å². The van der Waals surface area contributed by atoms with Gasteiger partial charge in [0.15, 0.2) is 0 Å². The molecule has 0 amide bonds. The lowest BCUT2D eigenvalue weighted by Crippen LogP contribution is -2.33. The van der Waals surface area contributed by atoms with E-state index in [2.05, 4.69) is 31.1 Å². The molecular formula is C20H32N2O2S. The maximum Gasteiger partial charge on any atom is 0.142 e. The molecule has 25 heavy (non-hydrogen) atoms. The summed E-state index contributed by atoms with van der Waals surface area (Å²) in [4.78, 5) is 14.6. The molecule has 1 fully saturated rings. The second-order valence-corrected chi connectivity index (χ2v) is 8.51. The monoisotopic (exact) mass is 364 g/mol. The summed E-state index contributed by atoms with van der Waals surface area (Å²) in [6.07, 6.45) is 10.2. The van der Waals surface area contributed by atoms with E-state index in [0.29, 0.717) is 6.04 Å². The number of pyridine rings is 1. The van der Waals surface area contributed by atoms with Gasteiger partial charge in [0.1, 0.15) is 11.3 Å². The zero-order valence-electron chi connectivity index (χ0n) is 15.9. The molecule has 140 valence electrons. The van der Waals surface area contributed by atoms with Crippen LogP contribution in [-0.4, -0.2) is 41.3 Å². The lowest BCUT2D eigenvalue weighted by atomic mass is 9.93. The van der Waals surface area contributed by atoms with Crippen molar-refractivity contribution in [1.29, 1.82) is 0 Å². The van der Waals surface area contributed by atoms with Gasteiger partial charge in [-0.15, -0.1) is 11.8 Å². The van der Waals surface area contributed by atoms with Gasteiger partial charge in [-0.1, -0.05) is 26.8 Å². The van der Waals surface area contributed by atoms with Gasteiger partial charge in [-0.3, -0.25) is 4.79 Å². The van der Waals surface area contributed by atoms with Crippen molar-refractivity contribution in [3.63, 3.8) is 0 Å². The molecule has 1 aliphatic rings. The Labute approximate surface area is 156 Å². The minimum Gasteiger partial charge on any atom is -0.393 e. The van der Waals surface area contributed by atoms with Crippen LogP contribution in [0.3, 0.4) is 0 Å². The summed E-state index contributed by atoms with van der Waals surface area (Å²) in [5, 5.41) is 13.3. The quantitative estimate of drug-likeness (QED) is 0.471. The predicted molar refractivity (Wildman–Crippen MR) is 107 cm³/mol. The highest BCUT2D eigenvalue weighted by Crippen LogP contribution is 2.28. The minimum absolute atomic E-state index is 0.0452. The Morgan fingerprint density at radius 3 is 2.72 bits per heavy atom. The van der Waals surface area contributed by atoms with Crippen molar-refractivity contribution in [3.05, 3.63) is 30.0 Å². The SMILES string of the molecule is CC(C)(C)CSc1ncccc1/C=C/C=O.CNC1CCCC(O)C1. The Kier molecular flexibility index (Phi) is 10.0. The number of aldehydes is 1. The van der Waals surface area contributed by atoms with Gasteiger partial charge < -0.3 is 10.4 Å². The summed E-state index contributed by atoms with van der Waals surface area (Å²) < 4.78 is 0. The third-order valence-corrected chi connectivity index (χ3v) is 5.48. The van der Waals surface area contributed by atoms with E-state index in [9.17, 15) is 9.90 Å². The molecule has 1 saturated carbocycles. The number of aliphatic hydroxyl groups excluding tert-OH is 1. The zero-order chi connectivity index (χ0) is 18.7. The van der Waals surface area contributed by atoms with Crippen LogP contribution in [-0.2, 0) is 4.79 Å². The summed E-state index contributed by atoms with van der Waals surface area (Å²) in [5.74, 6) is 1.01. The summed E-state index contributed by atoms with van der Waals surface area (Å²) in [6.45, 7) is 6.59. The van der Waals surface area contributed by atoms with E-state index in [-0.39, 0.29) is 11.5 Å². The fourth-order valence-electron chi connectivity index (χ4n) is 2.50. The molecule has 2 N–H and O–H groups in total. The van der Waals surface area contributed by atoms with Crippen LogP contribution in [0.4, 0.5) is 0 Å². The summed E-state index contributed by atoms with van der Waals surface area (Å²) in [6, 6.07) is 4.41. The number of rotatable bonds is 5. The van der Waals surface area contributed by atoms with Gasteiger partial charge in [0, 0.05) is 23.6 Å². The Morgan fingerprint density at radius 1 is 1.40 bits per heavy atom. The fourth-order valence-corrected chi connectivity index (χ4v) is 3.51. The van der Waals surface area contributed by atoms with Gasteiger partial charge in [0.25, 0.3) is 0 Å². The molecule has 0 aromatic carbocycles. The van der Waals surface area contributed by atoms with E-state index >= 15 is 0 Å². The number of aromatic nitrogens is 1. The van der Waals surface area contributed by atoms with Crippen LogP contribution < -0.4 is 5.32 Å². The number of hydrogen-bond donors (Lipinski definition) is 2. The molecule has 2 rings (SSSR count). The topological polar surface area (TPSA) is 62.2 Å². The van der Waals surface area contributed by atoms with Crippen LogP contribution in [0.1, 0.15) is 52.0 Å². The Hall–Kier alpha value is -1.17. The summed E-state index contributed by atoms with van der Waals surface area (Å²) in [5.41, 5.74) is 1.28. The van der Waals surface area contributed by atoms with Gasteiger partial charge in [-0.25, -0.2) is 4.98 Å². The average Bonchev–Trinajstić information content (AvgIpc) is 2.58. The minimum atomic E-state index is -0.0452. The molecule has 4 nitrogen and oxygen atoms in total. The van der Waals surface area contributed by atoms with E-state index in [0.717, 1.165) is 35.5 Å². The number of hydrogen-bond acceptors (Lipinski definition) is 5. The molecular weight excluding hydrogens is 332 g/mol. The number of carbonyl (C=O) groups is 1. The van der Waals surface area contributed by atoms with Gasteiger partial charge in [0.05, 0.1) is 6.10 Å². The molecule has 0 radical (unpaired) electrons. The highest BCUT2D eigenvalue weighted by molar-refractivity contribution is 7.99. The molecule has 0 aliphatic heterocycles. The number of nitrogens with one attached hydrogen (secondary N) is 1. The largest absolute Gasteiger partial charge is 0.393 e. The third kappa shape index (κ3) is 9.78. The van der Waals surface area contributed by atoms with E-state index < -0.39 is 0 Å². The number of carbonyl (C=O) groups excluding carboxylic acids is 1. The van der Waals surface area contributed by atoms with Crippen molar-refractivity contribution in [1.82, 2.24) is 10.3 Å². The molecule has 2 atom stereocenters. The first kappa shape index (κ1) is 21.9. The van der Waals surface area contributed by atoms with E-state index in [1.165, 1.54) is 18.9 Å². The lowest BCUT2D eigenvalue weighted by molar-refractivity contribution is -0.104. The molecule has 1 aromatic rings. The van der Waals surface area contributed by atoms with Gasteiger partial charge >= 0.3 is 0 Å². The molecule has 1 aromatic heterocycles. The van der Waals surface area contributed by atoms with Gasteiger partial charge in [-0.2, -0.15) is 0 Å². The van der Waals surface area contributed by atoms with E-state index in [1.54, 1.807) is 24.0 Å². The van der Waals surface area contributed by atoms with Gasteiger partial charge in [-0.05, 0) is 56.4 Å². The first-order valence-corrected chi connectivity index (χ1v) is 9.89. The van der Waals surface area contributed by atoms with Crippen LogP contribution in [0.25, 0.3) is 6.08 Å². The van der Waals surface area contributed by atoms with E-state index in [4.69, 9.17) is 0 Å². The Balaban J connectivity index is 0.000000293. The van der Waals surface area contributed by atoms with Crippen molar-refractivity contribution < 1.29 is 9.90 Å². The third-order valence-electron chi connectivity index (χ3n) is 3.85. The standard InChI is InChI=1S/C13H17NOS.C7H15NO/c1-13(2,3)10-16-12-11(7-5-9-15)6-4-8-14-12;1-8-6-3-2-4-7(9)5-6/h4-9H,10H2,1-3H3;6-9H,2-5H2,1H3/b7-5+;. The molecule has 2 unspecified atom stereocenters. The molecule has 1 aliphatic carbocycles. The van der Waals surface area contributed by atoms with E-state index in [1.807, 2.05) is 19.2 Å². The van der Waals surface area contributed by atoms with Crippen LogP contribution in [0.2, 0.25) is 0 Å². The maximum absolute atomic E-state index is 10.3. The molecule has 1 heterocycles. The lowest BCUT2D eigenvalue weighted by Gasteiger charge is -2.24. The van der Waals surface area contributed by atoms with Crippen molar-refractivity contribution in [2.24, 2.45) is 5.41 Å². The fraction of sp³-hybridized carbons (Fsp3) is 0.600. The van der Waals surface area contributed by atoms with Crippen LogP contribution in [0.5, 0.6) is 0 Å². The number of allylic oxidation sites excluding steroid dienone is 1. The smallest absolute Gasteiger partial charge is 0.142 e. The zero-order valence-corrected chi connectivity index (χ0v) is 16.7. The van der Waals surface area contributed by atoms with Crippen molar-refractivity contribution in [3.8, 4) is 0 Å². The Bertz CT molecular complexity index is 541. The van der Waals surface area contributed by atoms with Crippen molar-refractivity contribution >= 4 is 24.1 Å². The number of nitrogens with zero attached hydrogens (tertiary/aromatic N) is 1.